The Labute approximate surface area is 178 Å². The summed E-state index contributed by atoms with van der Waals surface area (Å²) in [5.41, 5.74) is 3.41. The summed E-state index contributed by atoms with van der Waals surface area (Å²) in [6.07, 6.45) is 0. The van der Waals surface area contributed by atoms with Crippen LogP contribution in [0.25, 0.3) is 22.6 Å². The van der Waals surface area contributed by atoms with Gasteiger partial charge in [0.05, 0.1) is 18.2 Å². The molecule has 0 spiro atoms. The van der Waals surface area contributed by atoms with Crippen LogP contribution in [0.15, 0.2) is 71.1 Å². The first-order chi connectivity index (χ1) is 15.2. The minimum absolute atomic E-state index is 0.196. The number of ether oxygens (including phenoxy) is 2. The fraction of sp³-hybridized carbons (Fsp3) is 0.125. The Morgan fingerprint density at radius 1 is 1.06 bits per heavy atom. The molecule has 154 valence electrons. The van der Waals surface area contributed by atoms with Crippen LogP contribution >= 0.6 is 0 Å². The van der Waals surface area contributed by atoms with Crippen molar-refractivity contribution in [3.63, 3.8) is 0 Å². The van der Waals surface area contributed by atoms with Gasteiger partial charge in [0, 0.05) is 17.3 Å². The van der Waals surface area contributed by atoms with Crippen molar-refractivity contribution in [2.75, 3.05) is 18.5 Å². The molecule has 0 saturated carbocycles. The molecule has 0 aliphatic rings. The third-order valence-electron chi connectivity index (χ3n) is 4.44. The molecule has 0 fully saturated rings. The number of carbonyl (C=O) groups excluding carboxylic acids is 1. The highest BCUT2D eigenvalue weighted by atomic mass is 16.5. The molecule has 3 aromatic carbocycles. The van der Waals surface area contributed by atoms with Gasteiger partial charge in [0.1, 0.15) is 5.52 Å². The van der Waals surface area contributed by atoms with Crippen molar-refractivity contribution in [1.82, 2.24) is 4.98 Å². The Morgan fingerprint density at radius 3 is 2.61 bits per heavy atom. The van der Waals surface area contributed by atoms with E-state index in [1.165, 1.54) is 0 Å². The molecule has 0 atom stereocenters. The molecule has 0 bridgehead atoms. The molecule has 0 aliphatic heterocycles. The van der Waals surface area contributed by atoms with E-state index in [1.54, 1.807) is 30.3 Å². The maximum atomic E-state index is 12.3. The molecule has 1 heterocycles. The Balaban J connectivity index is 1.38. The Kier molecular flexibility index (Phi) is 5.81. The first-order valence-electron chi connectivity index (χ1n) is 9.72. The standard InChI is InChI=1S/C24H19N3O4/c1-2-29-22-13-16(14-25)7-12-21(22)30-15-23(28)26-18-10-8-17(9-11-18)24-27-19-5-3-4-6-20(19)31-24/h3-13H,2,15H2,1H3,(H,26,28). The number of para-hydroxylation sites is 2. The number of hydrogen-bond donors (Lipinski definition) is 1. The van der Waals surface area contributed by atoms with Gasteiger partial charge in [-0.3, -0.25) is 4.79 Å². The van der Waals surface area contributed by atoms with Crippen molar-refractivity contribution in [2.45, 2.75) is 6.92 Å². The van der Waals surface area contributed by atoms with Gasteiger partial charge in [0.2, 0.25) is 5.89 Å². The second-order valence-electron chi connectivity index (χ2n) is 6.61. The van der Waals surface area contributed by atoms with Crippen molar-refractivity contribution in [1.29, 1.82) is 5.26 Å². The van der Waals surface area contributed by atoms with E-state index < -0.39 is 0 Å². The average Bonchev–Trinajstić information content (AvgIpc) is 3.23. The molecule has 7 heteroatoms. The molecule has 4 rings (SSSR count). The lowest BCUT2D eigenvalue weighted by Crippen LogP contribution is -2.20. The van der Waals surface area contributed by atoms with Gasteiger partial charge in [-0.2, -0.15) is 5.26 Å². The average molecular weight is 413 g/mol. The number of benzene rings is 3. The highest BCUT2D eigenvalue weighted by molar-refractivity contribution is 5.92. The quantitative estimate of drug-likeness (QED) is 0.468. The summed E-state index contributed by atoms with van der Waals surface area (Å²) in [4.78, 5) is 16.8. The monoisotopic (exact) mass is 413 g/mol. The number of rotatable bonds is 7. The summed E-state index contributed by atoms with van der Waals surface area (Å²) < 4.78 is 16.8. The zero-order valence-electron chi connectivity index (χ0n) is 16.8. The number of amides is 1. The molecule has 0 saturated heterocycles. The van der Waals surface area contributed by atoms with Crippen LogP contribution < -0.4 is 14.8 Å². The van der Waals surface area contributed by atoms with Gasteiger partial charge >= 0.3 is 0 Å². The van der Waals surface area contributed by atoms with E-state index in [4.69, 9.17) is 19.2 Å². The maximum Gasteiger partial charge on any atom is 0.262 e. The van der Waals surface area contributed by atoms with E-state index in [2.05, 4.69) is 10.3 Å². The first kappa shape index (κ1) is 20.0. The van der Waals surface area contributed by atoms with Crippen LogP contribution in [0.1, 0.15) is 12.5 Å². The number of carbonyl (C=O) groups is 1. The van der Waals surface area contributed by atoms with Crippen LogP contribution in [0.4, 0.5) is 5.69 Å². The smallest absolute Gasteiger partial charge is 0.262 e. The lowest BCUT2D eigenvalue weighted by Gasteiger charge is -2.12. The topological polar surface area (TPSA) is 97.4 Å². The number of hydrogen-bond acceptors (Lipinski definition) is 6. The fourth-order valence-corrected chi connectivity index (χ4v) is 3.00. The fourth-order valence-electron chi connectivity index (χ4n) is 3.00. The highest BCUT2D eigenvalue weighted by Gasteiger charge is 2.11. The molecule has 0 unspecified atom stereocenters. The third-order valence-corrected chi connectivity index (χ3v) is 4.44. The summed E-state index contributed by atoms with van der Waals surface area (Å²) in [5, 5.41) is 11.8. The Hall–Kier alpha value is -4.31. The third kappa shape index (κ3) is 4.65. The SMILES string of the molecule is CCOc1cc(C#N)ccc1OCC(=O)Nc1ccc(-c2nc3ccccc3o2)cc1. The van der Waals surface area contributed by atoms with Crippen LogP contribution in [0.5, 0.6) is 11.5 Å². The number of oxazole rings is 1. The van der Waals surface area contributed by atoms with Crippen LogP contribution in [-0.2, 0) is 4.79 Å². The van der Waals surface area contributed by atoms with Crippen LogP contribution in [-0.4, -0.2) is 24.1 Å². The molecular formula is C24H19N3O4. The molecule has 0 radical (unpaired) electrons. The van der Waals surface area contributed by atoms with E-state index in [9.17, 15) is 4.79 Å². The predicted molar refractivity (Wildman–Crippen MR) is 116 cm³/mol. The van der Waals surface area contributed by atoms with E-state index in [0.29, 0.717) is 35.2 Å². The number of nitrogens with one attached hydrogen (secondary N) is 1. The Bertz CT molecular complexity index is 1220. The van der Waals surface area contributed by atoms with Crippen molar-refractivity contribution < 1.29 is 18.7 Å². The summed E-state index contributed by atoms with van der Waals surface area (Å²) in [7, 11) is 0. The van der Waals surface area contributed by atoms with Crippen molar-refractivity contribution >= 4 is 22.7 Å². The van der Waals surface area contributed by atoms with Gasteiger partial charge < -0.3 is 19.2 Å². The lowest BCUT2D eigenvalue weighted by molar-refractivity contribution is -0.118. The zero-order valence-corrected chi connectivity index (χ0v) is 16.8. The minimum Gasteiger partial charge on any atom is -0.490 e. The van der Waals surface area contributed by atoms with Crippen molar-refractivity contribution in [2.24, 2.45) is 0 Å². The molecule has 4 aromatic rings. The van der Waals surface area contributed by atoms with Crippen LogP contribution in [0, 0.1) is 11.3 Å². The largest absolute Gasteiger partial charge is 0.490 e. The summed E-state index contributed by atoms with van der Waals surface area (Å²) in [6.45, 7) is 2.06. The van der Waals surface area contributed by atoms with Gasteiger partial charge in [-0.1, -0.05) is 12.1 Å². The lowest BCUT2D eigenvalue weighted by atomic mass is 10.2. The van der Waals surface area contributed by atoms with Crippen LogP contribution in [0.3, 0.4) is 0 Å². The van der Waals surface area contributed by atoms with Gasteiger partial charge in [0.25, 0.3) is 5.91 Å². The number of anilines is 1. The van der Waals surface area contributed by atoms with Crippen molar-refractivity contribution in [3.05, 3.63) is 72.3 Å². The van der Waals surface area contributed by atoms with E-state index in [-0.39, 0.29) is 12.5 Å². The summed E-state index contributed by atoms with van der Waals surface area (Å²) in [6, 6.07) is 21.6. The molecule has 1 amide bonds. The van der Waals surface area contributed by atoms with Crippen LogP contribution in [0.2, 0.25) is 0 Å². The second-order valence-corrected chi connectivity index (χ2v) is 6.61. The minimum atomic E-state index is -0.318. The van der Waals surface area contributed by atoms with E-state index in [0.717, 1.165) is 16.7 Å². The van der Waals surface area contributed by atoms with Crippen molar-refractivity contribution in [3.8, 4) is 29.0 Å². The predicted octanol–water partition coefficient (Wildman–Crippen LogP) is 4.78. The van der Waals surface area contributed by atoms with Gasteiger partial charge in [-0.15, -0.1) is 0 Å². The number of nitrogens with zero attached hydrogens (tertiary/aromatic N) is 2. The first-order valence-corrected chi connectivity index (χ1v) is 9.72. The second kappa shape index (κ2) is 9.01. The number of nitriles is 1. The molecule has 1 aromatic heterocycles. The summed E-state index contributed by atoms with van der Waals surface area (Å²) >= 11 is 0. The van der Waals surface area contributed by atoms with E-state index in [1.807, 2.05) is 49.4 Å². The van der Waals surface area contributed by atoms with Gasteiger partial charge in [-0.25, -0.2) is 4.98 Å². The van der Waals surface area contributed by atoms with Gasteiger partial charge in [-0.05, 0) is 55.5 Å². The normalized spacial score (nSPS) is 10.5. The molecule has 31 heavy (non-hydrogen) atoms. The number of aromatic nitrogens is 1. The molecule has 1 N–H and O–H groups in total. The Morgan fingerprint density at radius 2 is 1.87 bits per heavy atom. The number of fused-ring (bicyclic) bond motifs is 1. The maximum absolute atomic E-state index is 12.3. The molecule has 7 nitrogen and oxygen atoms in total. The van der Waals surface area contributed by atoms with E-state index >= 15 is 0 Å². The van der Waals surface area contributed by atoms with Gasteiger partial charge in [0.15, 0.2) is 23.7 Å². The highest BCUT2D eigenvalue weighted by Crippen LogP contribution is 2.28. The zero-order chi connectivity index (χ0) is 21.6. The molecule has 0 aliphatic carbocycles. The molecular weight excluding hydrogens is 394 g/mol. The summed E-state index contributed by atoms with van der Waals surface area (Å²) in [5.74, 6) is 1.03.